The lowest BCUT2D eigenvalue weighted by molar-refractivity contribution is 0.102. The van der Waals surface area contributed by atoms with Gasteiger partial charge in [-0.3, -0.25) is 10.1 Å². The minimum atomic E-state index is -0.173. The Labute approximate surface area is 126 Å². The van der Waals surface area contributed by atoms with Gasteiger partial charge in [0.1, 0.15) is 0 Å². The number of nitrogens with zero attached hydrogens (tertiary/aromatic N) is 1. The Kier molecular flexibility index (Phi) is 3.68. The quantitative estimate of drug-likeness (QED) is 0.779. The second-order valence-corrected chi connectivity index (χ2v) is 5.79. The van der Waals surface area contributed by atoms with Crippen molar-refractivity contribution in [1.82, 2.24) is 4.98 Å². The molecule has 0 spiro atoms. The molecular weight excluding hydrogens is 282 g/mol. The fraction of sp³-hybridized carbons (Fsp3) is 0.125. The highest BCUT2D eigenvalue weighted by atomic mass is 32.1. The molecule has 0 atom stereocenters. The zero-order chi connectivity index (χ0) is 14.8. The number of carbonyl (C=O) groups is 1. The van der Waals surface area contributed by atoms with E-state index >= 15 is 0 Å². The molecule has 0 aliphatic rings. The number of benzene rings is 2. The van der Waals surface area contributed by atoms with Gasteiger partial charge in [0.25, 0.3) is 5.91 Å². The summed E-state index contributed by atoms with van der Waals surface area (Å²) >= 11 is 1.47. The minimum Gasteiger partial charge on any atom is -0.326 e. The number of hydrogen-bond acceptors (Lipinski definition) is 4. The highest BCUT2D eigenvalue weighted by molar-refractivity contribution is 7.22. The van der Waals surface area contributed by atoms with Crippen molar-refractivity contribution in [3.05, 3.63) is 59.2 Å². The summed E-state index contributed by atoms with van der Waals surface area (Å²) in [4.78, 5) is 16.8. The molecule has 0 saturated carbocycles. The molecule has 3 rings (SSSR count). The zero-order valence-corrected chi connectivity index (χ0v) is 12.4. The Morgan fingerprint density at radius 3 is 2.81 bits per heavy atom. The van der Waals surface area contributed by atoms with Crippen molar-refractivity contribution in [1.29, 1.82) is 0 Å². The number of hydrogen-bond donors (Lipinski definition) is 2. The second-order valence-electron chi connectivity index (χ2n) is 4.76. The van der Waals surface area contributed by atoms with Crippen molar-refractivity contribution < 1.29 is 4.79 Å². The number of thiazole rings is 1. The first kappa shape index (κ1) is 13.7. The number of rotatable bonds is 3. The van der Waals surface area contributed by atoms with Gasteiger partial charge in [-0.15, -0.1) is 0 Å². The zero-order valence-electron chi connectivity index (χ0n) is 11.6. The van der Waals surface area contributed by atoms with Gasteiger partial charge in [0, 0.05) is 12.1 Å². The molecule has 0 fully saturated rings. The van der Waals surface area contributed by atoms with Gasteiger partial charge in [-0.1, -0.05) is 41.7 Å². The highest BCUT2D eigenvalue weighted by Crippen LogP contribution is 2.28. The normalized spacial score (nSPS) is 10.8. The van der Waals surface area contributed by atoms with Crippen molar-refractivity contribution in [3.8, 4) is 0 Å². The molecular formula is C16H15N3OS. The molecule has 4 nitrogen and oxygen atoms in total. The van der Waals surface area contributed by atoms with Gasteiger partial charge in [-0.05, 0) is 30.2 Å². The van der Waals surface area contributed by atoms with E-state index in [1.165, 1.54) is 11.3 Å². The molecule has 0 aliphatic heterocycles. The van der Waals surface area contributed by atoms with Crippen molar-refractivity contribution in [2.45, 2.75) is 13.5 Å². The van der Waals surface area contributed by atoms with Crippen molar-refractivity contribution in [2.24, 2.45) is 5.73 Å². The van der Waals surface area contributed by atoms with Crippen LogP contribution < -0.4 is 11.1 Å². The van der Waals surface area contributed by atoms with Crippen LogP contribution in [0.3, 0.4) is 0 Å². The summed E-state index contributed by atoms with van der Waals surface area (Å²) in [6, 6.07) is 13.3. The summed E-state index contributed by atoms with van der Waals surface area (Å²) in [6.07, 6.45) is 0. The van der Waals surface area contributed by atoms with Crippen molar-refractivity contribution in [2.75, 3.05) is 5.32 Å². The van der Waals surface area contributed by atoms with Crippen LogP contribution in [-0.4, -0.2) is 10.9 Å². The third kappa shape index (κ3) is 2.66. The monoisotopic (exact) mass is 297 g/mol. The Morgan fingerprint density at radius 1 is 1.24 bits per heavy atom. The van der Waals surface area contributed by atoms with E-state index in [4.69, 9.17) is 5.73 Å². The molecule has 0 bridgehead atoms. The van der Waals surface area contributed by atoms with Crippen LogP contribution >= 0.6 is 11.3 Å². The highest BCUT2D eigenvalue weighted by Gasteiger charge is 2.13. The predicted molar refractivity (Wildman–Crippen MR) is 86.6 cm³/mol. The van der Waals surface area contributed by atoms with E-state index in [1.807, 2.05) is 43.3 Å². The molecule has 21 heavy (non-hydrogen) atoms. The van der Waals surface area contributed by atoms with Crippen LogP contribution in [0.1, 0.15) is 21.5 Å². The number of para-hydroxylation sites is 1. The first-order chi connectivity index (χ1) is 10.2. The van der Waals surface area contributed by atoms with Gasteiger partial charge in [-0.2, -0.15) is 0 Å². The lowest BCUT2D eigenvalue weighted by Gasteiger charge is -2.06. The number of anilines is 1. The van der Waals surface area contributed by atoms with E-state index in [2.05, 4.69) is 10.3 Å². The molecule has 1 heterocycles. The molecule has 5 heteroatoms. The van der Waals surface area contributed by atoms with Gasteiger partial charge in [0.15, 0.2) is 5.13 Å². The van der Waals surface area contributed by atoms with Crippen molar-refractivity contribution >= 4 is 32.6 Å². The lowest BCUT2D eigenvalue weighted by Crippen LogP contribution is -2.15. The first-order valence-corrected chi connectivity index (χ1v) is 7.46. The minimum absolute atomic E-state index is 0.173. The maximum Gasteiger partial charge on any atom is 0.257 e. The summed E-state index contributed by atoms with van der Waals surface area (Å²) in [5, 5.41) is 3.47. The molecule has 3 aromatic rings. The number of aryl methyl sites for hydroxylation is 1. The van der Waals surface area contributed by atoms with Crippen molar-refractivity contribution in [3.63, 3.8) is 0 Å². The molecule has 3 N–H and O–H groups in total. The van der Waals surface area contributed by atoms with Crippen LogP contribution in [0.5, 0.6) is 0 Å². The fourth-order valence-electron chi connectivity index (χ4n) is 2.22. The van der Waals surface area contributed by atoms with Crippen LogP contribution in [-0.2, 0) is 6.54 Å². The van der Waals surface area contributed by atoms with Gasteiger partial charge >= 0.3 is 0 Å². The third-order valence-electron chi connectivity index (χ3n) is 3.32. The van der Waals surface area contributed by atoms with Crippen LogP contribution in [0.2, 0.25) is 0 Å². The van der Waals surface area contributed by atoms with E-state index in [-0.39, 0.29) is 5.91 Å². The maximum absolute atomic E-state index is 12.4. The molecule has 2 aromatic carbocycles. The Balaban J connectivity index is 1.91. The molecule has 106 valence electrons. The number of aromatic nitrogens is 1. The first-order valence-electron chi connectivity index (χ1n) is 6.64. The summed E-state index contributed by atoms with van der Waals surface area (Å²) in [6.45, 7) is 2.35. The Bertz CT molecular complexity index is 810. The second kappa shape index (κ2) is 5.63. The fourth-order valence-corrected chi connectivity index (χ4v) is 3.16. The topological polar surface area (TPSA) is 68.0 Å². The van der Waals surface area contributed by atoms with E-state index in [0.29, 0.717) is 17.2 Å². The van der Waals surface area contributed by atoms with E-state index < -0.39 is 0 Å². The Hall–Kier alpha value is -2.24. The molecule has 0 aliphatic carbocycles. The number of nitrogens with one attached hydrogen (secondary N) is 1. The van der Waals surface area contributed by atoms with Crippen LogP contribution in [0.25, 0.3) is 10.2 Å². The number of carbonyl (C=O) groups excluding carboxylic acids is 1. The maximum atomic E-state index is 12.4. The molecule has 0 unspecified atom stereocenters. The molecule has 1 aromatic heterocycles. The van der Waals surface area contributed by atoms with Crippen LogP contribution in [0.15, 0.2) is 42.5 Å². The number of amides is 1. The molecule has 0 saturated heterocycles. The van der Waals surface area contributed by atoms with Gasteiger partial charge in [0.2, 0.25) is 0 Å². The van der Waals surface area contributed by atoms with E-state index in [1.54, 1.807) is 6.07 Å². The summed E-state index contributed by atoms with van der Waals surface area (Å²) in [7, 11) is 0. The SMILES string of the molecule is Cc1cccc2sc(NC(=O)c3ccccc3CN)nc12. The lowest BCUT2D eigenvalue weighted by atomic mass is 10.1. The third-order valence-corrected chi connectivity index (χ3v) is 4.26. The largest absolute Gasteiger partial charge is 0.326 e. The average Bonchev–Trinajstić information content (AvgIpc) is 2.91. The van der Waals surface area contributed by atoms with E-state index in [9.17, 15) is 4.79 Å². The number of nitrogens with two attached hydrogens (primary N) is 1. The molecule has 0 radical (unpaired) electrons. The standard InChI is InChI=1S/C16H15N3OS/c1-10-5-4-8-13-14(10)18-16(21-13)19-15(20)12-7-3-2-6-11(12)9-17/h2-8H,9,17H2,1H3,(H,18,19,20). The summed E-state index contributed by atoms with van der Waals surface area (Å²) in [5.74, 6) is -0.173. The average molecular weight is 297 g/mol. The van der Waals surface area contributed by atoms with Gasteiger partial charge in [-0.25, -0.2) is 4.98 Å². The van der Waals surface area contributed by atoms with Gasteiger partial charge in [0.05, 0.1) is 10.2 Å². The van der Waals surface area contributed by atoms with Gasteiger partial charge < -0.3 is 5.73 Å². The Morgan fingerprint density at radius 2 is 2.05 bits per heavy atom. The summed E-state index contributed by atoms with van der Waals surface area (Å²) in [5.41, 5.74) is 9.13. The molecule has 1 amide bonds. The predicted octanol–water partition coefficient (Wildman–Crippen LogP) is 3.32. The number of fused-ring (bicyclic) bond motifs is 1. The van der Waals surface area contributed by atoms with E-state index in [0.717, 1.165) is 21.3 Å². The smallest absolute Gasteiger partial charge is 0.257 e. The summed E-state index contributed by atoms with van der Waals surface area (Å²) < 4.78 is 1.07. The van der Waals surface area contributed by atoms with Crippen LogP contribution in [0.4, 0.5) is 5.13 Å². The van der Waals surface area contributed by atoms with Crippen LogP contribution in [0, 0.1) is 6.92 Å².